The molecule has 0 saturated heterocycles. The van der Waals surface area contributed by atoms with E-state index in [-0.39, 0.29) is 22.5 Å². The first-order valence-electron chi connectivity index (χ1n) is 8.75. The highest BCUT2D eigenvalue weighted by molar-refractivity contribution is 6.00. The van der Waals surface area contributed by atoms with Crippen LogP contribution in [0.3, 0.4) is 0 Å². The number of hydrogen-bond acceptors (Lipinski definition) is 5. The number of H-pyrrole nitrogens is 1. The SMILES string of the molecule is CCC(=O)c1ccnc(-c2cn(-c3c(F)cccc3F)c(=O)c3c(N)n[nH]c23)c1. The van der Waals surface area contributed by atoms with Crippen molar-refractivity contribution in [2.75, 3.05) is 5.73 Å². The van der Waals surface area contributed by atoms with Crippen molar-refractivity contribution in [3.63, 3.8) is 0 Å². The van der Waals surface area contributed by atoms with Gasteiger partial charge in [-0.1, -0.05) is 13.0 Å². The molecule has 0 unspecified atom stereocenters. The molecule has 0 amide bonds. The van der Waals surface area contributed by atoms with Crippen LogP contribution in [0.2, 0.25) is 0 Å². The van der Waals surface area contributed by atoms with Crippen molar-refractivity contribution in [1.29, 1.82) is 0 Å². The van der Waals surface area contributed by atoms with Crippen LogP contribution < -0.4 is 11.3 Å². The number of ketones is 1. The Morgan fingerprint density at radius 2 is 1.97 bits per heavy atom. The van der Waals surface area contributed by atoms with Gasteiger partial charge in [-0.15, -0.1) is 0 Å². The third kappa shape index (κ3) is 2.96. The smallest absolute Gasteiger partial charge is 0.268 e. The number of nitrogens with one attached hydrogen (secondary N) is 1. The van der Waals surface area contributed by atoms with Crippen LogP contribution in [0.15, 0.2) is 47.5 Å². The van der Waals surface area contributed by atoms with Crippen LogP contribution in [0.5, 0.6) is 0 Å². The average molecular weight is 395 g/mol. The predicted molar refractivity (Wildman–Crippen MR) is 104 cm³/mol. The number of Topliss-reactive ketones (excluding diaryl/α,β-unsaturated/α-hetero) is 1. The van der Waals surface area contributed by atoms with Crippen molar-refractivity contribution in [2.45, 2.75) is 13.3 Å². The summed E-state index contributed by atoms with van der Waals surface area (Å²) >= 11 is 0. The van der Waals surface area contributed by atoms with Gasteiger partial charge in [0.25, 0.3) is 5.56 Å². The molecule has 4 aromatic rings. The van der Waals surface area contributed by atoms with Gasteiger partial charge in [0.15, 0.2) is 11.6 Å². The summed E-state index contributed by atoms with van der Waals surface area (Å²) in [6, 6.07) is 6.41. The van der Waals surface area contributed by atoms with Crippen molar-refractivity contribution in [1.82, 2.24) is 19.7 Å². The number of hydrogen-bond donors (Lipinski definition) is 2. The van der Waals surface area contributed by atoms with Crippen LogP contribution in [-0.2, 0) is 0 Å². The van der Waals surface area contributed by atoms with Crippen molar-refractivity contribution in [3.8, 4) is 16.9 Å². The maximum Gasteiger partial charge on any atom is 0.268 e. The second kappa shape index (κ2) is 6.93. The van der Waals surface area contributed by atoms with Gasteiger partial charge in [-0.05, 0) is 24.3 Å². The monoisotopic (exact) mass is 395 g/mol. The number of pyridine rings is 2. The average Bonchev–Trinajstić information content (AvgIpc) is 3.11. The van der Waals surface area contributed by atoms with E-state index in [0.717, 1.165) is 16.7 Å². The van der Waals surface area contributed by atoms with E-state index in [0.29, 0.717) is 23.2 Å². The van der Waals surface area contributed by atoms with E-state index in [1.165, 1.54) is 18.5 Å². The summed E-state index contributed by atoms with van der Waals surface area (Å²) in [5.74, 6) is -2.04. The summed E-state index contributed by atoms with van der Waals surface area (Å²) in [7, 11) is 0. The topological polar surface area (TPSA) is 107 Å². The standard InChI is InChI=1S/C20H15F2N5O2/c1-2-15(28)10-6-7-24-14(8-10)11-9-27(18-12(21)4-3-5-13(18)22)20(29)16-17(11)25-26-19(16)23/h3-9H,2H2,1H3,(H3,23,25,26). The molecule has 0 aliphatic carbocycles. The summed E-state index contributed by atoms with van der Waals surface area (Å²) < 4.78 is 29.6. The Kier molecular flexibility index (Phi) is 4.42. The number of aromatic nitrogens is 4. The summed E-state index contributed by atoms with van der Waals surface area (Å²) in [5, 5.41) is 6.49. The molecular weight excluding hydrogens is 380 g/mol. The molecule has 4 rings (SSSR count). The lowest BCUT2D eigenvalue weighted by Crippen LogP contribution is -2.21. The van der Waals surface area contributed by atoms with Crippen LogP contribution in [0, 0.1) is 11.6 Å². The summed E-state index contributed by atoms with van der Waals surface area (Å²) in [5.41, 5.74) is 5.87. The van der Waals surface area contributed by atoms with Crippen LogP contribution in [0.4, 0.5) is 14.6 Å². The zero-order valence-corrected chi connectivity index (χ0v) is 15.2. The fourth-order valence-corrected chi connectivity index (χ4v) is 3.17. The lowest BCUT2D eigenvalue weighted by Gasteiger charge is -2.12. The number of carbonyl (C=O) groups excluding carboxylic acids is 1. The van der Waals surface area contributed by atoms with Gasteiger partial charge in [0.05, 0.1) is 11.2 Å². The van der Waals surface area contributed by atoms with Crippen molar-refractivity contribution >= 4 is 22.5 Å². The number of anilines is 1. The van der Waals surface area contributed by atoms with Gasteiger partial charge in [-0.25, -0.2) is 8.78 Å². The van der Waals surface area contributed by atoms with Gasteiger partial charge < -0.3 is 5.73 Å². The molecule has 0 atom stereocenters. The van der Waals surface area contributed by atoms with E-state index in [4.69, 9.17) is 5.73 Å². The van der Waals surface area contributed by atoms with E-state index < -0.39 is 22.9 Å². The summed E-state index contributed by atoms with van der Waals surface area (Å²) in [6.45, 7) is 1.73. The maximum atomic E-state index is 14.4. The fourth-order valence-electron chi connectivity index (χ4n) is 3.17. The Labute approximate surface area is 162 Å². The Bertz CT molecular complexity index is 1310. The van der Waals surface area contributed by atoms with Crippen LogP contribution in [0.1, 0.15) is 23.7 Å². The third-order valence-electron chi connectivity index (χ3n) is 4.61. The second-order valence-corrected chi connectivity index (χ2v) is 6.35. The maximum absolute atomic E-state index is 14.4. The molecule has 0 radical (unpaired) electrons. The minimum absolute atomic E-state index is 0.0285. The van der Waals surface area contributed by atoms with Gasteiger partial charge in [0.1, 0.15) is 22.7 Å². The number of rotatable bonds is 4. The van der Waals surface area contributed by atoms with Gasteiger partial charge in [0.2, 0.25) is 0 Å². The first-order chi connectivity index (χ1) is 13.9. The van der Waals surface area contributed by atoms with Crippen LogP contribution in [0.25, 0.3) is 27.8 Å². The summed E-state index contributed by atoms with van der Waals surface area (Å²) in [4.78, 5) is 29.3. The highest BCUT2D eigenvalue weighted by Crippen LogP contribution is 2.29. The van der Waals surface area contributed by atoms with Crippen LogP contribution in [-0.4, -0.2) is 25.5 Å². The van der Waals surface area contributed by atoms with E-state index in [2.05, 4.69) is 15.2 Å². The quantitative estimate of drug-likeness (QED) is 0.516. The minimum atomic E-state index is -0.915. The molecule has 0 spiro atoms. The zero-order valence-electron chi connectivity index (χ0n) is 15.2. The molecule has 0 saturated carbocycles. The molecule has 3 aromatic heterocycles. The number of carbonyl (C=O) groups is 1. The Balaban J connectivity index is 2.08. The van der Waals surface area contributed by atoms with Crippen molar-refractivity contribution in [2.24, 2.45) is 0 Å². The lowest BCUT2D eigenvalue weighted by atomic mass is 10.1. The number of fused-ring (bicyclic) bond motifs is 1. The molecule has 3 N–H and O–H groups in total. The second-order valence-electron chi connectivity index (χ2n) is 6.35. The Morgan fingerprint density at radius 3 is 2.66 bits per heavy atom. The first kappa shape index (κ1) is 18.5. The van der Waals surface area contributed by atoms with E-state index >= 15 is 0 Å². The number of aromatic amines is 1. The summed E-state index contributed by atoms with van der Waals surface area (Å²) in [6.07, 6.45) is 3.00. The minimum Gasteiger partial charge on any atom is -0.382 e. The normalized spacial score (nSPS) is 11.1. The number of halogens is 2. The molecule has 146 valence electrons. The largest absolute Gasteiger partial charge is 0.382 e. The molecule has 0 aliphatic heterocycles. The number of nitrogen functional groups attached to an aromatic ring is 1. The van der Waals surface area contributed by atoms with E-state index in [9.17, 15) is 18.4 Å². The molecule has 0 aliphatic rings. The van der Waals surface area contributed by atoms with E-state index in [1.54, 1.807) is 19.1 Å². The van der Waals surface area contributed by atoms with E-state index in [1.807, 2.05) is 0 Å². The van der Waals surface area contributed by atoms with Crippen LogP contribution >= 0.6 is 0 Å². The Hall–Kier alpha value is -3.88. The van der Waals surface area contributed by atoms with Gasteiger partial charge in [-0.2, -0.15) is 5.10 Å². The molecule has 29 heavy (non-hydrogen) atoms. The molecule has 0 fully saturated rings. The molecule has 7 nitrogen and oxygen atoms in total. The predicted octanol–water partition coefficient (Wildman–Crippen LogP) is 3.23. The fraction of sp³-hybridized carbons (Fsp3) is 0.100. The lowest BCUT2D eigenvalue weighted by molar-refractivity contribution is 0.0988. The molecular formula is C20H15F2N5O2. The first-order valence-corrected chi connectivity index (χ1v) is 8.75. The number of nitrogens with zero attached hydrogens (tertiary/aromatic N) is 3. The third-order valence-corrected chi connectivity index (χ3v) is 4.61. The zero-order chi connectivity index (χ0) is 20.7. The Morgan fingerprint density at radius 1 is 1.24 bits per heavy atom. The van der Waals surface area contributed by atoms with Gasteiger partial charge in [-0.3, -0.25) is 24.2 Å². The number of nitrogens with two attached hydrogens (primary N) is 1. The number of para-hydroxylation sites is 1. The number of benzene rings is 1. The molecule has 1 aromatic carbocycles. The molecule has 9 heteroatoms. The van der Waals surface area contributed by atoms with Gasteiger partial charge in [0, 0.05) is 29.9 Å². The van der Waals surface area contributed by atoms with Crippen molar-refractivity contribution in [3.05, 3.63) is 70.3 Å². The van der Waals surface area contributed by atoms with Gasteiger partial charge >= 0.3 is 0 Å². The highest BCUT2D eigenvalue weighted by atomic mass is 19.1. The van der Waals surface area contributed by atoms with Crippen molar-refractivity contribution < 1.29 is 13.6 Å². The highest BCUT2D eigenvalue weighted by Gasteiger charge is 2.21. The molecule has 0 bridgehead atoms. The molecule has 3 heterocycles.